The highest BCUT2D eigenvalue weighted by molar-refractivity contribution is 6.06. The molecule has 31 heavy (non-hydrogen) atoms. The van der Waals surface area contributed by atoms with Gasteiger partial charge in [0.25, 0.3) is 5.91 Å². The van der Waals surface area contributed by atoms with Gasteiger partial charge < -0.3 is 10.0 Å². The number of benzene rings is 2. The molecule has 0 spiro atoms. The number of carbonyl (C=O) groups excluding carboxylic acids is 1. The zero-order valence-electron chi connectivity index (χ0n) is 18.2. The van der Waals surface area contributed by atoms with E-state index >= 15 is 0 Å². The van der Waals surface area contributed by atoms with Crippen LogP contribution < -0.4 is 0 Å². The van der Waals surface area contributed by atoms with Crippen molar-refractivity contribution in [3.63, 3.8) is 0 Å². The smallest absolute Gasteiger partial charge is 0.254 e. The quantitative estimate of drug-likeness (QED) is 0.651. The summed E-state index contributed by atoms with van der Waals surface area (Å²) in [7, 11) is 0. The third-order valence-corrected chi connectivity index (χ3v) is 6.42. The van der Waals surface area contributed by atoms with E-state index in [0.29, 0.717) is 25.1 Å². The molecule has 1 aliphatic rings. The van der Waals surface area contributed by atoms with Crippen LogP contribution in [-0.4, -0.2) is 40.6 Å². The highest BCUT2D eigenvalue weighted by Gasteiger charge is 2.37. The van der Waals surface area contributed by atoms with E-state index in [2.05, 4.69) is 24.0 Å². The van der Waals surface area contributed by atoms with Crippen molar-refractivity contribution in [2.45, 2.75) is 39.5 Å². The lowest BCUT2D eigenvalue weighted by molar-refractivity contribution is 0.0273. The summed E-state index contributed by atoms with van der Waals surface area (Å²) in [6.07, 6.45) is 3.17. The Morgan fingerprint density at radius 1 is 1.16 bits per heavy atom. The zero-order chi connectivity index (χ0) is 22.0. The van der Waals surface area contributed by atoms with Crippen molar-refractivity contribution in [3.05, 3.63) is 76.7 Å². The molecule has 2 aromatic carbocycles. The van der Waals surface area contributed by atoms with Crippen LogP contribution in [0.3, 0.4) is 0 Å². The maximum atomic E-state index is 13.6. The summed E-state index contributed by atoms with van der Waals surface area (Å²) in [6.45, 7) is 5.15. The molecule has 3 aromatic rings. The first-order valence-corrected chi connectivity index (χ1v) is 11.0. The number of halogens is 1. The van der Waals surface area contributed by atoms with Gasteiger partial charge in [-0.05, 0) is 74.1 Å². The summed E-state index contributed by atoms with van der Waals surface area (Å²) < 4.78 is 13.3. The highest BCUT2D eigenvalue weighted by Crippen LogP contribution is 2.35. The molecule has 1 N–H and O–H groups in total. The van der Waals surface area contributed by atoms with Crippen LogP contribution in [-0.2, 0) is 12.8 Å². The van der Waals surface area contributed by atoms with E-state index in [1.807, 2.05) is 24.0 Å². The van der Waals surface area contributed by atoms with Gasteiger partial charge in [0, 0.05) is 29.6 Å². The molecule has 1 saturated heterocycles. The zero-order valence-corrected chi connectivity index (χ0v) is 18.2. The number of aliphatic hydroxyl groups excluding tert-OH is 1. The molecule has 5 heteroatoms. The molecule has 1 amide bonds. The minimum atomic E-state index is -0.418. The van der Waals surface area contributed by atoms with Crippen LogP contribution in [0, 0.1) is 18.2 Å². The van der Waals surface area contributed by atoms with Crippen molar-refractivity contribution in [3.8, 4) is 0 Å². The van der Waals surface area contributed by atoms with Gasteiger partial charge in [0.15, 0.2) is 0 Å². The van der Waals surface area contributed by atoms with E-state index in [1.54, 1.807) is 12.1 Å². The summed E-state index contributed by atoms with van der Waals surface area (Å²) in [5.74, 6) is -0.283. The van der Waals surface area contributed by atoms with E-state index in [0.717, 1.165) is 41.4 Å². The molecule has 4 nitrogen and oxygen atoms in total. The van der Waals surface area contributed by atoms with Gasteiger partial charge in [-0.3, -0.25) is 9.78 Å². The number of piperidine rings is 1. The van der Waals surface area contributed by atoms with Crippen molar-refractivity contribution < 1.29 is 14.3 Å². The van der Waals surface area contributed by atoms with Crippen molar-refractivity contribution in [1.82, 2.24) is 9.88 Å². The van der Waals surface area contributed by atoms with E-state index in [1.165, 1.54) is 17.7 Å². The van der Waals surface area contributed by atoms with Gasteiger partial charge >= 0.3 is 0 Å². The van der Waals surface area contributed by atoms with Gasteiger partial charge in [-0.15, -0.1) is 0 Å². The normalized spacial score (nSPS) is 19.0. The molecule has 0 aliphatic carbocycles. The Kier molecular flexibility index (Phi) is 6.05. The van der Waals surface area contributed by atoms with Crippen molar-refractivity contribution >= 4 is 16.8 Å². The van der Waals surface area contributed by atoms with Crippen LogP contribution in [0.25, 0.3) is 10.9 Å². The number of rotatable bonds is 5. The number of nitrogens with zero attached hydrogens (tertiary/aromatic N) is 2. The first-order chi connectivity index (χ1) is 14.9. The van der Waals surface area contributed by atoms with E-state index in [9.17, 15) is 14.3 Å². The maximum absolute atomic E-state index is 13.6. The molecule has 1 aromatic heterocycles. The van der Waals surface area contributed by atoms with Crippen LogP contribution in [0.15, 0.2) is 48.5 Å². The monoisotopic (exact) mass is 420 g/mol. The topological polar surface area (TPSA) is 53.4 Å². The Balaban J connectivity index is 1.65. The third-order valence-electron chi connectivity index (χ3n) is 6.42. The maximum Gasteiger partial charge on any atom is 0.254 e. The Morgan fingerprint density at radius 3 is 2.61 bits per heavy atom. The molecule has 0 radical (unpaired) electrons. The van der Waals surface area contributed by atoms with E-state index in [4.69, 9.17) is 0 Å². The lowest BCUT2D eigenvalue weighted by atomic mass is 9.75. The third kappa shape index (κ3) is 4.47. The number of aryl methyl sites for hydroxylation is 2. The number of fused-ring (bicyclic) bond motifs is 1. The number of carbonyl (C=O) groups is 1. The molecular weight excluding hydrogens is 391 g/mol. The second-order valence-electron chi connectivity index (χ2n) is 8.81. The molecular formula is C26H29FN2O2. The molecule has 0 saturated carbocycles. The van der Waals surface area contributed by atoms with Gasteiger partial charge in [-0.25, -0.2) is 4.39 Å². The van der Waals surface area contributed by atoms with Crippen LogP contribution in [0.4, 0.5) is 4.39 Å². The average molecular weight is 421 g/mol. The summed E-state index contributed by atoms with van der Waals surface area (Å²) in [4.78, 5) is 20.1. The van der Waals surface area contributed by atoms with E-state index < -0.39 is 5.41 Å². The Bertz CT molecular complexity index is 1100. The SMILES string of the molecule is CCc1ccc2nc(C)cc(C(=O)N3CCC[C@](CO)(Cc4ccc(F)cc4)C3)c2c1. The van der Waals surface area contributed by atoms with Crippen molar-refractivity contribution in [2.75, 3.05) is 19.7 Å². The predicted molar refractivity (Wildman–Crippen MR) is 121 cm³/mol. The number of hydrogen-bond donors (Lipinski definition) is 1. The summed E-state index contributed by atoms with van der Waals surface area (Å²) in [5.41, 5.74) is 4.05. The Labute approximate surface area is 182 Å². The van der Waals surface area contributed by atoms with Gasteiger partial charge in [0.05, 0.1) is 17.7 Å². The standard InChI is InChI=1S/C26H29FN2O2/c1-3-19-7-10-24-22(14-19)23(13-18(2)28-24)25(31)29-12-4-11-26(16-29,17-30)15-20-5-8-21(27)9-6-20/h5-10,13-14,30H,3-4,11-12,15-17H2,1-2H3/t26-/m0/s1. The van der Waals surface area contributed by atoms with Gasteiger partial charge in [-0.1, -0.05) is 25.1 Å². The average Bonchev–Trinajstić information content (AvgIpc) is 2.79. The van der Waals surface area contributed by atoms with E-state index in [-0.39, 0.29) is 18.3 Å². The molecule has 2 heterocycles. The molecule has 162 valence electrons. The summed E-state index contributed by atoms with van der Waals surface area (Å²) in [5, 5.41) is 11.2. The number of amides is 1. The Morgan fingerprint density at radius 2 is 1.90 bits per heavy atom. The largest absolute Gasteiger partial charge is 0.396 e. The number of hydrogen-bond acceptors (Lipinski definition) is 3. The first-order valence-electron chi connectivity index (χ1n) is 11.0. The molecule has 0 bridgehead atoms. The van der Waals surface area contributed by atoms with Gasteiger partial charge in [-0.2, -0.15) is 0 Å². The molecule has 1 aliphatic heterocycles. The van der Waals surface area contributed by atoms with Gasteiger partial charge in [0.1, 0.15) is 5.82 Å². The Hall–Kier alpha value is -2.79. The second kappa shape index (κ2) is 8.75. The number of likely N-dealkylation sites (tertiary alicyclic amines) is 1. The number of aliphatic hydroxyl groups is 1. The fourth-order valence-electron chi connectivity index (χ4n) is 4.72. The van der Waals surface area contributed by atoms with Crippen LogP contribution >= 0.6 is 0 Å². The summed E-state index contributed by atoms with van der Waals surface area (Å²) >= 11 is 0. The predicted octanol–water partition coefficient (Wildman–Crippen LogP) is 4.70. The highest BCUT2D eigenvalue weighted by atomic mass is 19.1. The van der Waals surface area contributed by atoms with Crippen LogP contribution in [0.2, 0.25) is 0 Å². The molecule has 4 rings (SSSR count). The fourth-order valence-corrected chi connectivity index (χ4v) is 4.72. The number of aromatic nitrogens is 1. The van der Waals surface area contributed by atoms with Crippen LogP contribution in [0.5, 0.6) is 0 Å². The van der Waals surface area contributed by atoms with Crippen LogP contribution in [0.1, 0.15) is 46.9 Å². The molecule has 0 unspecified atom stereocenters. The lowest BCUT2D eigenvalue weighted by Gasteiger charge is -2.42. The van der Waals surface area contributed by atoms with Gasteiger partial charge in [0.2, 0.25) is 0 Å². The second-order valence-corrected chi connectivity index (χ2v) is 8.81. The van der Waals surface area contributed by atoms with Crippen molar-refractivity contribution in [2.24, 2.45) is 5.41 Å². The lowest BCUT2D eigenvalue weighted by Crippen LogP contribution is -2.49. The minimum absolute atomic E-state index is 0.00966. The molecule has 1 fully saturated rings. The molecule has 1 atom stereocenters. The van der Waals surface area contributed by atoms with Crippen molar-refractivity contribution in [1.29, 1.82) is 0 Å². The fraction of sp³-hybridized carbons (Fsp3) is 0.385. The summed E-state index contributed by atoms with van der Waals surface area (Å²) in [6, 6.07) is 14.4. The number of pyridine rings is 1. The first kappa shape index (κ1) is 21.4. The minimum Gasteiger partial charge on any atom is -0.396 e.